The van der Waals surface area contributed by atoms with Crippen molar-refractivity contribution in [2.45, 2.75) is 50.5 Å². The molecule has 0 atom stereocenters. The number of nitrogens with one attached hydrogen (secondary N) is 1. The predicted molar refractivity (Wildman–Crippen MR) is 93.3 cm³/mol. The number of nitrogens with zero attached hydrogens (tertiary/aromatic N) is 1. The van der Waals surface area contributed by atoms with Gasteiger partial charge in [0.1, 0.15) is 5.54 Å². The molecule has 0 aromatic heterocycles. The first kappa shape index (κ1) is 17.5. The second-order valence-electron chi connectivity index (χ2n) is 7.11. The molecule has 0 heterocycles. The second kappa shape index (κ2) is 6.86. The maximum absolute atomic E-state index is 12.9. The average Bonchev–Trinajstić information content (AvgIpc) is 3.46. The number of hydrogen-bond donors (Lipinski definition) is 2. The molecule has 6 nitrogen and oxygen atoms in total. The average molecular weight is 344 g/mol. The Balaban J connectivity index is 1.79. The summed E-state index contributed by atoms with van der Waals surface area (Å²) in [6.45, 7) is 0. The Kier molecular flexibility index (Phi) is 4.79. The maximum Gasteiger partial charge on any atom is 0.329 e. The zero-order valence-electron chi connectivity index (χ0n) is 14.5. The number of carbonyl (C=O) groups excluding carboxylic acids is 2. The van der Waals surface area contributed by atoms with Gasteiger partial charge in [-0.05, 0) is 43.9 Å². The van der Waals surface area contributed by atoms with E-state index >= 15 is 0 Å². The van der Waals surface area contributed by atoms with E-state index in [9.17, 15) is 19.5 Å². The molecule has 2 saturated carbocycles. The number of aliphatic carboxylic acids is 1. The van der Waals surface area contributed by atoms with E-state index < -0.39 is 11.5 Å². The van der Waals surface area contributed by atoms with Crippen LogP contribution < -0.4 is 5.32 Å². The van der Waals surface area contributed by atoms with E-state index in [1.807, 2.05) is 0 Å². The number of likely N-dealkylation sites (N-methyl/N-ethyl adjacent to an activating group) is 1. The Morgan fingerprint density at radius 3 is 2.44 bits per heavy atom. The van der Waals surface area contributed by atoms with Gasteiger partial charge in [-0.3, -0.25) is 9.59 Å². The number of carbonyl (C=O) groups is 3. The number of carboxylic acids is 1. The van der Waals surface area contributed by atoms with Crippen LogP contribution >= 0.6 is 0 Å². The minimum absolute atomic E-state index is 0.0211. The first-order chi connectivity index (χ1) is 11.9. The highest BCUT2D eigenvalue weighted by molar-refractivity contribution is 6.00. The van der Waals surface area contributed by atoms with Crippen molar-refractivity contribution < 1.29 is 19.5 Å². The monoisotopic (exact) mass is 344 g/mol. The van der Waals surface area contributed by atoms with Gasteiger partial charge in [0.25, 0.3) is 5.91 Å². The Morgan fingerprint density at radius 2 is 1.84 bits per heavy atom. The van der Waals surface area contributed by atoms with E-state index in [1.165, 1.54) is 4.90 Å². The lowest BCUT2D eigenvalue weighted by Crippen LogP contribution is -2.56. The summed E-state index contributed by atoms with van der Waals surface area (Å²) in [5, 5.41) is 12.6. The first-order valence-electron chi connectivity index (χ1n) is 8.86. The largest absolute Gasteiger partial charge is 0.479 e. The van der Waals surface area contributed by atoms with Crippen LogP contribution in [-0.4, -0.2) is 40.4 Å². The molecule has 0 saturated heterocycles. The lowest BCUT2D eigenvalue weighted by molar-refractivity contribution is -0.151. The fraction of sp³-hybridized carbons (Fsp3) is 0.526. The molecule has 134 valence electrons. The molecule has 6 heteroatoms. The van der Waals surface area contributed by atoms with Crippen LogP contribution in [0.2, 0.25) is 0 Å². The van der Waals surface area contributed by atoms with Gasteiger partial charge in [0.2, 0.25) is 5.91 Å². The summed E-state index contributed by atoms with van der Waals surface area (Å²) in [6, 6.07) is 6.73. The van der Waals surface area contributed by atoms with Crippen LogP contribution in [0.25, 0.3) is 0 Å². The van der Waals surface area contributed by atoms with Gasteiger partial charge in [-0.1, -0.05) is 25.3 Å². The molecule has 1 aromatic rings. The van der Waals surface area contributed by atoms with Crippen molar-refractivity contribution in [1.29, 1.82) is 0 Å². The smallest absolute Gasteiger partial charge is 0.329 e. The molecule has 1 aromatic carbocycles. The van der Waals surface area contributed by atoms with Gasteiger partial charge in [-0.2, -0.15) is 0 Å². The zero-order chi connectivity index (χ0) is 18.0. The lowest BCUT2D eigenvalue weighted by Gasteiger charge is -2.41. The summed E-state index contributed by atoms with van der Waals surface area (Å²) in [5.74, 6) is -1.21. The van der Waals surface area contributed by atoms with Gasteiger partial charge in [0, 0.05) is 24.2 Å². The highest BCUT2D eigenvalue weighted by Crippen LogP contribution is 2.34. The highest BCUT2D eigenvalue weighted by Gasteiger charge is 2.45. The summed E-state index contributed by atoms with van der Waals surface area (Å²) in [6.07, 6.45) is 5.39. The normalized spacial score (nSPS) is 19.1. The van der Waals surface area contributed by atoms with Crippen LogP contribution in [-0.2, 0) is 9.59 Å². The van der Waals surface area contributed by atoms with Gasteiger partial charge in [0.15, 0.2) is 0 Å². The standard InChI is InChI=1S/C19H24N2O4/c1-21(19(18(24)25)10-3-2-4-11-19)17(23)14-6-5-7-15(12-14)20-16(22)13-8-9-13/h5-7,12-13H,2-4,8-11H2,1H3,(H,20,22)(H,24,25). The van der Waals surface area contributed by atoms with Crippen molar-refractivity contribution in [3.05, 3.63) is 29.8 Å². The van der Waals surface area contributed by atoms with E-state index in [0.29, 0.717) is 24.1 Å². The van der Waals surface area contributed by atoms with Gasteiger partial charge in [0.05, 0.1) is 0 Å². The Morgan fingerprint density at radius 1 is 1.16 bits per heavy atom. The molecule has 2 fully saturated rings. The van der Waals surface area contributed by atoms with Crippen molar-refractivity contribution in [2.24, 2.45) is 5.92 Å². The Bertz CT molecular complexity index is 690. The van der Waals surface area contributed by atoms with Crippen LogP contribution in [0.4, 0.5) is 5.69 Å². The first-order valence-corrected chi connectivity index (χ1v) is 8.86. The number of anilines is 1. The summed E-state index contributed by atoms with van der Waals surface area (Å²) >= 11 is 0. The topological polar surface area (TPSA) is 86.7 Å². The Hall–Kier alpha value is -2.37. The predicted octanol–water partition coefficient (Wildman–Crippen LogP) is 2.89. The molecule has 0 spiro atoms. The van der Waals surface area contributed by atoms with E-state index in [0.717, 1.165) is 32.1 Å². The molecule has 2 aliphatic rings. The van der Waals surface area contributed by atoms with Crippen molar-refractivity contribution >= 4 is 23.5 Å². The van der Waals surface area contributed by atoms with Gasteiger partial charge in [-0.15, -0.1) is 0 Å². The van der Waals surface area contributed by atoms with Crippen molar-refractivity contribution in [3.63, 3.8) is 0 Å². The number of rotatable bonds is 5. The maximum atomic E-state index is 12.9. The van der Waals surface area contributed by atoms with Crippen LogP contribution in [0.5, 0.6) is 0 Å². The molecule has 25 heavy (non-hydrogen) atoms. The second-order valence-corrected chi connectivity index (χ2v) is 7.11. The third-order valence-corrected chi connectivity index (χ3v) is 5.35. The molecule has 0 bridgehead atoms. The molecule has 2 aliphatic carbocycles. The van der Waals surface area contributed by atoms with Gasteiger partial charge < -0.3 is 15.3 Å². The number of benzene rings is 1. The Labute approximate surface area is 147 Å². The highest BCUT2D eigenvalue weighted by atomic mass is 16.4. The minimum atomic E-state index is -1.14. The summed E-state index contributed by atoms with van der Waals surface area (Å²) in [4.78, 5) is 38.0. The number of hydrogen-bond acceptors (Lipinski definition) is 3. The van der Waals surface area contributed by atoms with Gasteiger partial charge >= 0.3 is 5.97 Å². The van der Waals surface area contributed by atoms with E-state index in [1.54, 1.807) is 31.3 Å². The summed E-state index contributed by atoms with van der Waals surface area (Å²) in [7, 11) is 1.57. The SMILES string of the molecule is CN(C(=O)c1cccc(NC(=O)C2CC2)c1)C1(C(=O)O)CCCCC1. The molecule has 0 aliphatic heterocycles. The zero-order valence-corrected chi connectivity index (χ0v) is 14.5. The van der Waals surface area contributed by atoms with E-state index in [4.69, 9.17) is 0 Å². The van der Waals surface area contributed by atoms with Crippen molar-refractivity contribution in [1.82, 2.24) is 4.90 Å². The quantitative estimate of drug-likeness (QED) is 0.860. The molecular formula is C19H24N2O4. The van der Waals surface area contributed by atoms with Gasteiger partial charge in [-0.25, -0.2) is 4.79 Å². The lowest BCUT2D eigenvalue weighted by atomic mass is 9.80. The molecule has 3 rings (SSSR count). The van der Waals surface area contributed by atoms with Crippen LogP contribution in [0.15, 0.2) is 24.3 Å². The summed E-state index contributed by atoms with van der Waals surface area (Å²) in [5.41, 5.74) is -0.172. The summed E-state index contributed by atoms with van der Waals surface area (Å²) < 4.78 is 0. The molecule has 0 unspecified atom stereocenters. The third-order valence-electron chi connectivity index (χ3n) is 5.35. The van der Waals surface area contributed by atoms with E-state index in [2.05, 4.69) is 5.32 Å². The van der Waals surface area contributed by atoms with E-state index in [-0.39, 0.29) is 17.7 Å². The van der Waals surface area contributed by atoms with Crippen LogP contribution in [0, 0.1) is 5.92 Å². The van der Waals surface area contributed by atoms with Crippen LogP contribution in [0.3, 0.4) is 0 Å². The third kappa shape index (κ3) is 3.52. The molecular weight excluding hydrogens is 320 g/mol. The van der Waals surface area contributed by atoms with Crippen molar-refractivity contribution in [2.75, 3.05) is 12.4 Å². The number of amides is 2. The molecule has 2 N–H and O–H groups in total. The number of carboxylic acid groups (broad SMARTS) is 1. The van der Waals surface area contributed by atoms with Crippen LogP contribution in [0.1, 0.15) is 55.3 Å². The van der Waals surface area contributed by atoms with Crippen molar-refractivity contribution in [3.8, 4) is 0 Å². The molecule has 2 amide bonds. The fourth-order valence-electron chi connectivity index (χ4n) is 3.54. The molecule has 0 radical (unpaired) electrons. The fourth-order valence-corrected chi connectivity index (χ4v) is 3.54. The minimum Gasteiger partial charge on any atom is -0.479 e.